The Labute approximate surface area is 109 Å². The molecule has 0 spiro atoms. The molecule has 0 aromatic carbocycles. The van der Waals surface area contributed by atoms with Gasteiger partial charge in [-0.25, -0.2) is 13.5 Å². The Morgan fingerprint density at radius 2 is 2.05 bits per heavy atom. The molecule has 2 aromatic heterocycles. The lowest BCUT2D eigenvalue weighted by Gasteiger charge is -2.09. The van der Waals surface area contributed by atoms with Gasteiger partial charge in [-0.05, 0) is 13.8 Å². The Morgan fingerprint density at radius 1 is 1.32 bits per heavy atom. The zero-order chi connectivity index (χ0) is 14.0. The molecule has 5 nitrogen and oxygen atoms in total. The van der Waals surface area contributed by atoms with Crippen LogP contribution in [0.1, 0.15) is 12.6 Å². The Morgan fingerprint density at radius 3 is 2.63 bits per heavy atom. The first-order chi connectivity index (χ1) is 9.01. The van der Waals surface area contributed by atoms with E-state index < -0.39 is 11.6 Å². The summed E-state index contributed by atoms with van der Waals surface area (Å²) in [5.41, 5.74) is 0.729. The molecule has 1 N–H and O–H groups in total. The van der Waals surface area contributed by atoms with Crippen molar-refractivity contribution in [3.8, 4) is 11.8 Å². The van der Waals surface area contributed by atoms with E-state index in [1.165, 1.54) is 4.68 Å². The van der Waals surface area contributed by atoms with Crippen LogP contribution < -0.4 is 10.1 Å². The highest BCUT2D eigenvalue weighted by atomic mass is 19.1. The summed E-state index contributed by atoms with van der Waals surface area (Å²) in [6.07, 6.45) is 0. The van der Waals surface area contributed by atoms with Crippen LogP contribution in [0.4, 0.5) is 14.6 Å². The molecule has 102 valence electrons. The molecule has 0 atom stereocenters. The number of ether oxygens (including phenoxy) is 1. The van der Waals surface area contributed by atoms with Crippen molar-refractivity contribution in [2.45, 2.75) is 13.8 Å². The van der Waals surface area contributed by atoms with Crippen LogP contribution in [0.15, 0.2) is 12.1 Å². The summed E-state index contributed by atoms with van der Waals surface area (Å²) in [4.78, 5) is 3.78. The molecular formula is C12H14F2N4O. The lowest BCUT2D eigenvalue weighted by molar-refractivity contribution is 0.384. The van der Waals surface area contributed by atoms with Gasteiger partial charge in [0.05, 0.1) is 5.69 Å². The van der Waals surface area contributed by atoms with Crippen molar-refractivity contribution in [1.82, 2.24) is 14.8 Å². The fraction of sp³-hybridized carbons (Fsp3) is 0.333. The summed E-state index contributed by atoms with van der Waals surface area (Å²) < 4.78 is 33.8. The maximum absolute atomic E-state index is 13.6. The lowest BCUT2D eigenvalue weighted by atomic mass is 10.4. The van der Waals surface area contributed by atoms with E-state index in [0.717, 1.165) is 11.8 Å². The maximum atomic E-state index is 13.6. The van der Waals surface area contributed by atoms with Crippen molar-refractivity contribution in [2.75, 3.05) is 11.9 Å². The van der Waals surface area contributed by atoms with Crippen LogP contribution in [0.25, 0.3) is 0 Å². The third kappa shape index (κ3) is 2.81. The molecule has 2 rings (SSSR count). The van der Waals surface area contributed by atoms with E-state index in [-0.39, 0.29) is 11.7 Å². The van der Waals surface area contributed by atoms with E-state index in [0.29, 0.717) is 12.4 Å². The second kappa shape index (κ2) is 5.21. The van der Waals surface area contributed by atoms with E-state index in [4.69, 9.17) is 4.74 Å². The van der Waals surface area contributed by atoms with Gasteiger partial charge in [-0.3, -0.25) is 0 Å². The predicted octanol–water partition coefficient (Wildman–Crippen LogP) is 2.63. The molecule has 0 bridgehead atoms. The fourth-order valence-electron chi connectivity index (χ4n) is 1.59. The standard InChI is InChI=1S/C12H14F2N4O/c1-4-15-11-8(13)6-9(14)12(16-11)19-10-5-7(2)17-18(10)3/h5-6H,4H2,1-3H3,(H,15,16). The quantitative estimate of drug-likeness (QED) is 0.926. The smallest absolute Gasteiger partial charge is 0.259 e. The van der Waals surface area contributed by atoms with Gasteiger partial charge in [-0.2, -0.15) is 10.1 Å². The highest BCUT2D eigenvalue weighted by molar-refractivity contribution is 5.40. The van der Waals surface area contributed by atoms with Crippen molar-refractivity contribution < 1.29 is 13.5 Å². The highest BCUT2D eigenvalue weighted by Crippen LogP contribution is 2.26. The van der Waals surface area contributed by atoms with Crippen LogP contribution in [0.5, 0.6) is 11.8 Å². The maximum Gasteiger partial charge on any atom is 0.259 e. The summed E-state index contributed by atoms with van der Waals surface area (Å²) in [6.45, 7) is 4.04. The van der Waals surface area contributed by atoms with Crippen LogP contribution in [-0.2, 0) is 7.05 Å². The van der Waals surface area contributed by atoms with Crippen molar-refractivity contribution in [1.29, 1.82) is 0 Å². The highest BCUT2D eigenvalue weighted by Gasteiger charge is 2.15. The average molecular weight is 268 g/mol. The number of aryl methyl sites for hydroxylation is 2. The number of hydrogen-bond acceptors (Lipinski definition) is 4. The molecule has 0 radical (unpaired) electrons. The number of nitrogens with zero attached hydrogens (tertiary/aromatic N) is 3. The molecule has 0 aliphatic heterocycles. The van der Waals surface area contributed by atoms with Crippen LogP contribution in [0, 0.1) is 18.6 Å². The zero-order valence-corrected chi connectivity index (χ0v) is 10.9. The fourth-order valence-corrected chi connectivity index (χ4v) is 1.59. The predicted molar refractivity (Wildman–Crippen MR) is 66.3 cm³/mol. The molecule has 0 amide bonds. The number of pyridine rings is 1. The molecule has 0 saturated heterocycles. The second-order valence-electron chi connectivity index (χ2n) is 3.99. The zero-order valence-electron chi connectivity index (χ0n) is 10.9. The average Bonchev–Trinajstić information content (AvgIpc) is 2.64. The number of anilines is 1. The minimum atomic E-state index is -0.863. The SMILES string of the molecule is CCNc1nc(Oc2cc(C)nn2C)c(F)cc1F. The number of halogens is 2. The molecule has 0 fully saturated rings. The molecule has 0 saturated carbocycles. The number of hydrogen-bond donors (Lipinski definition) is 1. The summed E-state index contributed by atoms with van der Waals surface area (Å²) in [6, 6.07) is 2.38. The first kappa shape index (κ1) is 13.3. The molecule has 2 aromatic rings. The Kier molecular flexibility index (Phi) is 3.64. The van der Waals surface area contributed by atoms with Crippen molar-refractivity contribution in [3.63, 3.8) is 0 Å². The van der Waals surface area contributed by atoms with Gasteiger partial charge < -0.3 is 10.1 Å². The molecule has 2 heterocycles. The molecule has 0 unspecified atom stereocenters. The van der Waals surface area contributed by atoms with E-state index in [1.54, 1.807) is 27.0 Å². The van der Waals surface area contributed by atoms with Gasteiger partial charge in [0.1, 0.15) is 0 Å². The first-order valence-electron chi connectivity index (χ1n) is 5.79. The van der Waals surface area contributed by atoms with E-state index in [1.807, 2.05) is 0 Å². The van der Waals surface area contributed by atoms with Crippen molar-refractivity contribution >= 4 is 5.82 Å². The van der Waals surface area contributed by atoms with Crippen LogP contribution in [0.2, 0.25) is 0 Å². The van der Waals surface area contributed by atoms with Gasteiger partial charge in [0.15, 0.2) is 17.5 Å². The van der Waals surface area contributed by atoms with Gasteiger partial charge >= 0.3 is 0 Å². The van der Waals surface area contributed by atoms with Gasteiger partial charge in [0.2, 0.25) is 5.88 Å². The molecule has 0 aliphatic rings. The van der Waals surface area contributed by atoms with E-state index in [2.05, 4.69) is 15.4 Å². The number of nitrogens with one attached hydrogen (secondary N) is 1. The van der Waals surface area contributed by atoms with E-state index in [9.17, 15) is 8.78 Å². The second-order valence-corrected chi connectivity index (χ2v) is 3.99. The van der Waals surface area contributed by atoms with Gasteiger partial charge in [0.25, 0.3) is 5.88 Å². The minimum absolute atomic E-state index is 0.0437. The van der Waals surface area contributed by atoms with Crippen LogP contribution in [-0.4, -0.2) is 21.3 Å². The van der Waals surface area contributed by atoms with Crippen LogP contribution in [0.3, 0.4) is 0 Å². The Balaban J connectivity index is 2.34. The third-order valence-corrected chi connectivity index (χ3v) is 2.40. The minimum Gasteiger partial charge on any atom is -0.418 e. The Hall–Kier alpha value is -2.18. The summed E-state index contributed by atoms with van der Waals surface area (Å²) in [7, 11) is 1.66. The number of aromatic nitrogens is 3. The summed E-state index contributed by atoms with van der Waals surface area (Å²) >= 11 is 0. The first-order valence-corrected chi connectivity index (χ1v) is 5.79. The molecule has 0 aliphatic carbocycles. The van der Waals surface area contributed by atoms with Gasteiger partial charge in [-0.15, -0.1) is 0 Å². The molecular weight excluding hydrogens is 254 g/mol. The monoisotopic (exact) mass is 268 g/mol. The normalized spacial score (nSPS) is 10.6. The largest absolute Gasteiger partial charge is 0.418 e. The van der Waals surface area contributed by atoms with Crippen LogP contribution >= 0.6 is 0 Å². The molecule has 7 heteroatoms. The van der Waals surface area contributed by atoms with E-state index >= 15 is 0 Å². The summed E-state index contributed by atoms with van der Waals surface area (Å²) in [5.74, 6) is -1.62. The van der Waals surface area contributed by atoms with Crippen molar-refractivity contribution in [2.24, 2.45) is 7.05 Å². The molecule has 19 heavy (non-hydrogen) atoms. The summed E-state index contributed by atoms with van der Waals surface area (Å²) in [5, 5.41) is 6.76. The Bertz CT molecular complexity index is 598. The lowest BCUT2D eigenvalue weighted by Crippen LogP contribution is -2.05. The topological polar surface area (TPSA) is 52.0 Å². The number of rotatable bonds is 4. The van der Waals surface area contributed by atoms with Gasteiger partial charge in [-0.1, -0.05) is 0 Å². The third-order valence-electron chi connectivity index (χ3n) is 2.40. The van der Waals surface area contributed by atoms with Gasteiger partial charge in [0, 0.05) is 25.7 Å². The van der Waals surface area contributed by atoms with Crippen molar-refractivity contribution in [3.05, 3.63) is 29.5 Å².